The summed E-state index contributed by atoms with van der Waals surface area (Å²) >= 11 is 0. The van der Waals surface area contributed by atoms with Crippen molar-refractivity contribution in [3.63, 3.8) is 0 Å². The highest BCUT2D eigenvalue weighted by Crippen LogP contribution is 2.43. The number of aromatic amines is 1. The molecule has 4 aromatic rings. The molecule has 1 atom stereocenters. The van der Waals surface area contributed by atoms with Crippen molar-refractivity contribution in [3.8, 4) is 11.5 Å². The molecule has 4 aliphatic rings. The van der Waals surface area contributed by atoms with Crippen LogP contribution in [0.15, 0.2) is 57.8 Å². The maximum atomic E-state index is 13.9. The smallest absolute Gasteiger partial charge is 0.388 e. The lowest BCUT2D eigenvalue weighted by Crippen LogP contribution is -2.43. The minimum Gasteiger partial charge on any atom is -0.388 e. The number of nitrogens with zero attached hydrogens (tertiary/aromatic N) is 7. The lowest BCUT2D eigenvalue weighted by molar-refractivity contribution is -0.132. The Hall–Kier alpha value is -4.75. The first kappa shape index (κ1) is 29.6. The van der Waals surface area contributed by atoms with Crippen molar-refractivity contribution >= 4 is 39.8 Å². The van der Waals surface area contributed by atoms with E-state index in [1.54, 1.807) is 7.05 Å². The maximum Gasteiger partial charge on any atom is 0.437 e. The molecule has 4 aliphatic heterocycles. The number of benzene rings is 2. The van der Waals surface area contributed by atoms with Gasteiger partial charge in [-0.2, -0.15) is 9.78 Å². The van der Waals surface area contributed by atoms with Crippen LogP contribution in [0.3, 0.4) is 0 Å². The molecule has 3 saturated heterocycles. The van der Waals surface area contributed by atoms with Crippen molar-refractivity contribution in [3.05, 3.63) is 64.7 Å². The number of carbonyl (C=O) groups excluding carboxylic acids is 2. The van der Waals surface area contributed by atoms with E-state index in [2.05, 4.69) is 37.2 Å². The van der Waals surface area contributed by atoms with E-state index in [0.717, 1.165) is 72.4 Å². The van der Waals surface area contributed by atoms with Crippen LogP contribution < -0.4 is 15.6 Å². The number of carbonyl (C=O) groups is 2. The van der Waals surface area contributed by atoms with Gasteiger partial charge in [0.15, 0.2) is 5.82 Å². The predicted molar refractivity (Wildman–Crippen MR) is 176 cm³/mol. The van der Waals surface area contributed by atoms with Crippen LogP contribution in [-0.4, -0.2) is 107 Å². The van der Waals surface area contributed by atoms with E-state index >= 15 is 0 Å². The standard InChI is InChI=1S/C34H38N8O5/c1-38-33(45)47-31(37-38)25-4-2-23(3-5-25)24-8-12-40(13-9-24)29(43)21-39-14-10-34(22-39)11-15-42(32(34)44)26-6-7-28-27(20-26)30(36-35-28)41-16-18-46-19-17-41/h2-8,20H,9-19,21-22H2,1H3,(H,35,36). The van der Waals surface area contributed by atoms with E-state index < -0.39 is 11.2 Å². The van der Waals surface area contributed by atoms with Crippen LogP contribution in [0.2, 0.25) is 0 Å². The highest BCUT2D eigenvalue weighted by atomic mass is 16.5. The molecule has 1 unspecified atom stereocenters. The van der Waals surface area contributed by atoms with Crippen LogP contribution in [0, 0.1) is 5.41 Å². The molecule has 0 radical (unpaired) electrons. The number of hydrogen-bond donors (Lipinski definition) is 1. The molecular weight excluding hydrogens is 600 g/mol. The third-order valence-corrected chi connectivity index (χ3v) is 10.2. The largest absolute Gasteiger partial charge is 0.437 e. The van der Waals surface area contributed by atoms with Gasteiger partial charge in [-0.1, -0.05) is 18.2 Å². The molecule has 2 amide bonds. The number of amides is 2. The Labute approximate surface area is 271 Å². The second-order valence-corrected chi connectivity index (χ2v) is 13.0. The fourth-order valence-corrected chi connectivity index (χ4v) is 7.45. The molecule has 244 valence electrons. The second-order valence-electron chi connectivity index (χ2n) is 13.0. The minimum absolute atomic E-state index is 0.0984. The number of ether oxygens (including phenoxy) is 1. The number of aryl methyl sites for hydroxylation is 1. The molecule has 13 nitrogen and oxygen atoms in total. The van der Waals surface area contributed by atoms with Gasteiger partial charge in [-0.15, -0.1) is 5.10 Å². The Bertz CT molecular complexity index is 1920. The summed E-state index contributed by atoms with van der Waals surface area (Å²) in [7, 11) is 1.55. The average molecular weight is 639 g/mol. The fourth-order valence-electron chi connectivity index (χ4n) is 7.45. The zero-order chi connectivity index (χ0) is 32.1. The van der Waals surface area contributed by atoms with Gasteiger partial charge in [-0.3, -0.25) is 19.6 Å². The molecule has 47 heavy (non-hydrogen) atoms. The molecule has 2 aromatic heterocycles. The summed E-state index contributed by atoms with van der Waals surface area (Å²) in [5.41, 5.74) is 4.41. The quantitative estimate of drug-likeness (QED) is 0.338. The SMILES string of the molecule is Cn1nc(-c2ccc(C3=CCN(C(=O)CN4CCC5(CCN(c6ccc7[nH]nc(N8CCOCC8)c7c6)C5=O)C4)CC3)cc2)oc1=O. The van der Waals surface area contributed by atoms with Gasteiger partial charge in [0.1, 0.15) is 0 Å². The first-order chi connectivity index (χ1) is 22.9. The Morgan fingerprint density at radius 2 is 1.77 bits per heavy atom. The van der Waals surface area contributed by atoms with Crippen molar-refractivity contribution in [1.29, 1.82) is 0 Å². The van der Waals surface area contributed by atoms with Gasteiger partial charge in [0, 0.05) is 63.0 Å². The van der Waals surface area contributed by atoms with Gasteiger partial charge >= 0.3 is 5.76 Å². The summed E-state index contributed by atoms with van der Waals surface area (Å²) in [5, 5.41) is 12.8. The van der Waals surface area contributed by atoms with Crippen LogP contribution in [0.5, 0.6) is 0 Å². The molecule has 1 spiro atoms. The van der Waals surface area contributed by atoms with Crippen molar-refractivity contribution in [2.45, 2.75) is 19.3 Å². The second kappa shape index (κ2) is 11.8. The van der Waals surface area contributed by atoms with E-state index in [9.17, 15) is 14.4 Å². The summed E-state index contributed by atoms with van der Waals surface area (Å²) in [6.45, 7) is 6.51. The summed E-state index contributed by atoms with van der Waals surface area (Å²) in [4.78, 5) is 47.1. The number of hydrogen-bond acceptors (Lipinski definition) is 9. The number of aromatic nitrogens is 4. The molecule has 6 heterocycles. The number of anilines is 2. The molecule has 1 N–H and O–H groups in total. The molecule has 3 fully saturated rings. The Balaban J connectivity index is 0.881. The van der Waals surface area contributed by atoms with E-state index in [1.807, 2.05) is 46.2 Å². The Morgan fingerprint density at radius 3 is 2.51 bits per heavy atom. The van der Waals surface area contributed by atoms with Crippen LogP contribution in [-0.2, 0) is 21.4 Å². The van der Waals surface area contributed by atoms with Crippen LogP contribution in [0.25, 0.3) is 27.9 Å². The van der Waals surface area contributed by atoms with Crippen molar-refractivity contribution < 1.29 is 18.7 Å². The summed E-state index contributed by atoms with van der Waals surface area (Å²) in [6, 6.07) is 13.9. The van der Waals surface area contributed by atoms with Gasteiger partial charge in [0.25, 0.3) is 0 Å². The first-order valence-corrected chi connectivity index (χ1v) is 16.3. The van der Waals surface area contributed by atoms with Gasteiger partial charge in [-0.05, 0) is 67.3 Å². The number of nitrogens with one attached hydrogen (secondary N) is 1. The topological polar surface area (TPSA) is 133 Å². The number of morpholine rings is 1. The predicted octanol–water partition coefficient (Wildman–Crippen LogP) is 2.50. The molecule has 0 bridgehead atoms. The highest BCUT2D eigenvalue weighted by molar-refractivity contribution is 6.03. The average Bonchev–Trinajstić information content (AvgIpc) is 3.88. The number of rotatable bonds is 6. The molecule has 8 rings (SSSR count). The van der Waals surface area contributed by atoms with Crippen LogP contribution in [0.4, 0.5) is 11.5 Å². The van der Waals surface area contributed by atoms with Gasteiger partial charge in [-0.25, -0.2) is 4.79 Å². The number of likely N-dealkylation sites (tertiary alicyclic amines) is 1. The highest BCUT2D eigenvalue weighted by Gasteiger charge is 2.51. The maximum absolute atomic E-state index is 13.9. The van der Waals surface area contributed by atoms with Gasteiger partial charge in [0.2, 0.25) is 17.7 Å². The monoisotopic (exact) mass is 638 g/mol. The lowest BCUT2D eigenvalue weighted by atomic mass is 9.85. The van der Waals surface area contributed by atoms with E-state index in [4.69, 9.17) is 9.15 Å². The summed E-state index contributed by atoms with van der Waals surface area (Å²) in [6.07, 6.45) is 4.43. The normalized spacial score (nSPS) is 22.2. The molecule has 13 heteroatoms. The zero-order valence-electron chi connectivity index (χ0n) is 26.5. The van der Waals surface area contributed by atoms with Crippen molar-refractivity contribution in [1.82, 2.24) is 29.8 Å². The summed E-state index contributed by atoms with van der Waals surface area (Å²) < 4.78 is 11.9. The zero-order valence-corrected chi connectivity index (χ0v) is 26.5. The van der Waals surface area contributed by atoms with Gasteiger partial charge < -0.3 is 23.9 Å². The number of fused-ring (bicyclic) bond motifs is 1. The molecule has 0 saturated carbocycles. The third-order valence-electron chi connectivity index (χ3n) is 10.2. The third kappa shape index (κ3) is 5.42. The van der Waals surface area contributed by atoms with Crippen molar-refractivity contribution in [2.24, 2.45) is 12.5 Å². The fraction of sp³-hybridized carbons (Fsp3) is 0.441. The molecule has 2 aromatic carbocycles. The minimum atomic E-state index is -0.494. The van der Waals surface area contributed by atoms with Crippen LogP contribution >= 0.6 is 0 Å². The first-order valence-electron chi connectivity index (χ1n) is 16.3. The van der Waals surface area contributed by atoms with Crippen LogP contribution in [0.1, 0.15) is 24.8 Å². The molecular formula is C34H38N8O5. The van der Waals surface area contributed by atoms with Crippen molar-refractivity contribution in [2.75, 3.05) is 75.4 Å². The lowest BCUT2D eigenvalue weighted by Gasteiger charge is -2.29. The van der Waals surface area contributed by atoms with E-state index in [-0.39, 0.29) is 11.8 Å². The summed E-state index contributed by atoms with van der Waals surface area (Å²) in [5.74, 6) is 0.965. The Kier molecular flexibility index (Phi) is 7.44. The van der Waals surface area contributed by atoms with E-state index in [0.29, 0.717) is 51.8 Å². The van der Waals surface area contributed by atoms with Gasteiger partial charge in [0.05, 0.1) is 30.7 Å². The molecule has 0 aliphatic carbocycles. The van der Waals surface area contributed by atoms with E-state index in [1.165, 1.54) is 10.3 Å². The Morgan fingerprint density at radius 1 is 0.979 bits per heavy atom. The number of H-pyrrole nitrogens is 1.